The number of nitrogens with zero attached hydrogens (tertiary/aromatic N) is 6. The number of halogens is 1. The molecule has 0 bridgehead atoms. The van der Waals surface area contributed by atoms with E-state index < -0.39 is 8.07 Å². The van der Waals surface area contributed by atoms with Gasteiger partial charge in [-0.25, -0.2) is 9.97 Å². The number of benzene rings is 2. The van der Waals surface area contributed by atoms with Crippen LogP contribution in [0.5, 0.6) is 11.5 Å². The highest BCUT2D eigenvalue weighted by molar-refractivity contribution is 6.76. The first-order chi connectivity index (χ1) is 20.6. The number of aromatic nitrogens is 6. The molecule has 1 aliphatic rings. The van der Waals surface area contributed by atoms with Crippen molar-refractivity contribution in [2.45, 2.75) is 77.7 Å². The van der Waals surface area contributed by atoms with Crippen molar-refractivity contribution in [3.63, 3.8) is 0 Å². The molecule has 0 amide bonds. The summed E-state index contributed by atoms with van der Waals surface area (Å²) in [5.41, 5.74) is 4.68. The van der Waals surface area contributed by atoms with Gasteiger partial charge in [-0.1, -0.05) is 31.2 Å². The van der Waals surface area contributed by atoms with Crippen LogP contribution in [0.1, 0.15) is 31.5 Å². The first-order valence-corrected chi connectivity index (χ1v) is 19.1. The Hall–Kier alpha value is -3.31. The SMILES string of the molecule is Cc1nc2ccc(Oc3ccc4ncc(-c5cnn(CC6CCC(O)CC6)c5)nc4c3Cl)cc2n1COCC[Si](C)(C)C. The lowest BCUT2D eigenvalue weighted by Crippen LogP contribution is -2.22. The zero-order chi connectivity index (χ0) is 30.1. The minimum absolute atomic E-state index is 0.157. The summed E-state index contributed by atoms with van der Waals surface area (Å²) in [6.45, 7) is 11.1. The second-order valence-electron chi connectivity index (χ2n) is 12.8. The van der Waals surface area contributed by atoms with Crippen LogP contribution in [0.25, 0.3) is 33.3 Å². The normalized spacial score (nSPS) is 17.6. The molecule has 5 aromatic rings. The second kappa shape index (κ2) is 12.4. The summed E-state index contributed by atoms with van der Waals surface area (Å²) in [7, 11) is -1.16. The highest BCUT2D eigenvalue weighted by Crippen LogP contribution is 2.36. The molecule has 0 unspecified atom stereocenters. The Labute approximate surface area is 257 Å². The van der Waals surface area contributed by atoms with E-state index in [4.69, 9.17) is 31.0 Å². The maximum absolute atomic E-state index is 9.80. The Bertz CT molecular complexity index is 1740. The van der Waals surface area contributed by atoms with Crippen molar-refractivity contribution in [2.75, 3.05) is 6.61 Å². The van der Waals surface area contributed by atoms with E-state index in [-0.39, 0.29) is 6.10 Å². The zero-order valence-electron chi connectivity index (χ0n) is 25.3. The molecule has 6 rings (SSSR count). The largest absolute Gasteiger partial charge is 0.456 e. The van der Waals surface area contributed by atoms with Crippen molar-refractivity contribution in [2.24, 2.45) is 5.92 Å². The van der Waals surface area contributed by atoms with Crippen molar-refractivity contribution in [1.82, 2.24) is 29.3 Å². The van der Waals surface area contributed by atoms with E-state index in [0.717, 1.165) is 67.3 Å². The number of fused-ring (bicyclic) bond motifs is 2. The molecule has 0 atom stereocenters. The first kappa shape index (κ1) is 29.7. The molecule has 0 saturated heterocycles. The smallest absolute Gasteiger partial charge is 0.148 e. The van der Waals surface area contributed by atoms with Gasteiger partial charge in [0.05, 0.1) is 40.7 Å². The van der Waals surface area contributed by atoms with E-state index in [9.17, 15) is 5.11 Å². The molecule has 11 heteroatoms. The topological polar surface area (TPSA) is 100 Å². The molecule has 1 aliphatic carbocycles. The van der Waals surface area contributed by atoms with Crippen LogP contribution in [0.15, 0.2) is 48.9 Å². The minimum atomic E-state index is -1.16. The predicted octanol–water partition coefficient (Wildman–Crippen LogP) is 7.46. The predicted molar refractivity (Wildman–Crippen MR) is 172 cm³/mol. The lowest BCUT2D eigenvalue weighted by Gasteiger charge is -2.25. The molecule has 3 aromatic heterocycles. The molecule has 0 spiro atoms. The summed E-state index contributed by atoms with van der Waals surface area (Å²) in [6, 6.07) is 10.6. The Kier molecular flexibility index (Phi) is 8.55. The molecular formula is C32H39ClN6O3Si. The van der Waals surface area contributed by atoms with E-state index in [1.807, 2.05) is 54.3 Å². The molecule has 43 heavy (non-hydrogen) atoms. The van der Waals surface area contributed by atoms with Gasteiger partial charge in [0.1, 0.15) is 34.6 Å². The van der Waals surface area contributed by atoms with Crippen molar-refractivity contribution >= 4 is 41.7 Å². The number of rotatable bonds is 10. The van der Waals surface area contributed by atoms with Crippen LogP contribution in [0, 0.1) is 12.8 Å². The summed E-state index contributed by atoms with van der Waals surface area (Å²) in [4.78, 5) is 14.2. The number of ether oxygens (including phenoxy) is 2. The maximum atomic E-state index is 9.80. The van der Waals surface area contributed by atoms with Crippen molar-refractivity contribution in [3.8, 4) is 22.8 Å². The average molecular weight is 619 g/mol. The number of hydrogen-bond donors (Lipinski definition) is 1. The highest BCUT2D eigenvalue weighted by atomic mass is 35.5. The summed E-state index contributed by atoms with van der Waals surface area (Å²) < 4.78 is 16.4. The van der Waals surface area contributed by atoms with Crippen LogP contribution in [-0.2, 0) is 18.0 Å². The van der Waals surface area contributed by atoms with Crippen LogP contribution in [0.3, 0.4) is 0 Å². The lowest BCUT2D eigenvalue weighted by atomic mass is 9.87. The Morgan fingerprint density at radius 3 is 2.60 bits per heavy atom. The average Bonchev–Trinajstić information content (AvgIpc) is 3.56. The van der Waals surface area contributed by atoms with Crippen molar-refractivity contribution in [1.29, 1.82) is 0 Å². The molecule has 9 nitrogen and oxygen atoms in total. The summed E-state index contributed by atoms with van der Waals surface area (Å²) in [5.74, 6) is 2.58. The Morgan fingerprint density at radius 1 is 1.02 bits per heavy atom. The lowest BCUT2D eigenvalue weighted by molar-refractivity contribution is 0.0885. The zero-order valence-corrected chi connectivity index (χ0v) is 27.0. The number of aliphatic hydroxyl groups is 1. The van der Waals surface area contributed by atoms with Crippen LogP contribution in [-0.4, -0.2) is 55.2 Å². The van der Waals surface area contributed by atoms with Gasteiger partial charge < -0.3 is 19.1 Å². The molecule has 1 N–H and O–H groups in total. The van der Waals surface area contributed by atoms with E-state index >= 15 is 0 Å². The maximum Gasteiger partial charge on any atom is 0.148 e. The van der Waals surface area contributed by atoms with Crippen molar-refractivity contribution in [3.05, 3.63) is 59.8 Å². The molecular weight excluding hydrogens is 580 g/mol. The van der Waals surface area contributed by atoms with Gasteiger partial charge >= 0.3 is 0 Å². The molecule has 0 aliphatic heterocycles. The van der Waals surface area contributed by atoms with Gasteiger partial charge in [0.15, 0.2) is 0 Å². The molecule has 3 heterocycles. The standard InChI is InChI=1S/C32H39ClN6O3Si/c1-21-36-26-10-9-25(15-29(26)39(21)20-41-13-14-43(2,3)4)42-30-12-11-27-32(31(30)33)37-28(17-34-27)23-16-35-38(19-23)18-22-5-7-24(40)8-6-22/h9-12,15-17,19,22,24,40H,5-8,13-14,18,20H2,1-4H3. The molecule has 0 radical (unpaired) electrons. The van der Waals surface area contributed by atoms with Gasteiger partial charge in [-0.05, 0) is 68.8 Å². The second-order valence-corrected chi connectivity index (χ2v) is 18.8. The summed E-state index contributed by atoms with van der Waals surface area (Å²) >= 11 is 6.87. The molecule has 2 aromatic carbocycles. The van der Waals surface area contributed by atoms with Gasteiger partial charge in [-0.3, -0.25) is 9.67 Å². The van der Waals surface area contributed by atoms with Crippen molar-refractivity contribution < 1.29 is 14.6 Å². The van der Waals surface area contributed by atoms with Gasteiger partial charge in [-0.2, -0.15) is 5.10 Å². The Morgan fingerprint density at radius 2 is 1.81 bits per heavy atom. The number of imidazole rings is 1. The highest BCUT2D eigenvalue weighted by Gasteiger charge is 2.21. The van der Waals surface area contributed by atoms with E-state index in [1.54, 1.807) is 6.20 Å². The van der Waals surface area contributed by atoms with Crippen LogP contribution >= 0.6 is 11.6 Å². The minimum Gasteiger partial charge on any atom is -0.456 e. The van der Waals surface area contributed by atoms with Gasteiger partial charge in [0.25, 0.3) is 0 Å². The third-order valence-corrected chi connectivity index (χ3v) is 10.2. The fourth-order valence-corrected chi connectivity index (χ4v) is 6.54. The van der Waals surface area contributed by atoms with E-state index in [1.165, 1.54) is 0 Å². The number of aliphatic hydroxyl groups excluding tert-OH is 1. The summed E-state index contributed by atoms with van der Waals surface area (Å²) in [6.07, 6.45) is 9.18. The van der Waals surface area contributed by atoms with Gasteiger partial charge in [0, 0.05) is 39.1 Å². The van der Waals surface area contributed by atoms with Crippen LogP contribution < -0.4 is 4.74 Å². The van der Waals surface area contributed by atoms with Gasteiger partial charge in [0.2, 0.25) is 0 Å². The molecule has 1 saturated carbocycles. The van der Waals surface area contributed by atoms with Crippen LogP contribution in [0.2, 0.25) is 30.7 Å². The van der Waals surface area contributed by atoms with Gasteiger partial charge in [-0.15, -0.1) is 0 Å². The Balaban J connectivity index is 1.20. The monoisotopic (exact) mass is 618 g/mol. The molecule has 226 valence electrons. The third-order valence-electron chi connectivity index (χ3n) is 8.16. The molecule has 1 fully saturated rings. The van der Waals surface area contributed by atoms with E-state index in [2.05, 4.69) is 34.3 Å². The fourth-order valence-electron chi connectivity index (χ4n) is 5.54. The number of hydrogen-bond acceptors (Lipinski definition) is 7. The quantitative estimate of drug-likeness (QED) is 0.128. The first-order valence-electron chi connectivity index (χ1n) is 15.0. The third kappa shape index (κ3) is 6.93. The summed E-state index contributed by atoms with van der Waals surface area (Å²) in [5, 5.41) is 14.8. The van der Waals surface area contributed by atoms with Crippen LogP contribution in [0.4, 0.5) is 0 Å². The van der Waals surface area contributed by atoms with E-state index in [0.29, 0.717) is 45.9 Å². The number of aryl methyl sites for hydroxylation is 1. The fraction of sp³-hybridized carbons (Fsp3) is 0.438.